The van der Waals surface area contributed by atoms with Crippen LogP contribution in [0, 0.1) is 13.8 Å². The fourth-order valence-electron chi connectivity index (χ4n) is 6.55. The highest BCUT2D eigenvalue weighted by molar-refractivity contribution is 6.26. The monoisotopic (exact) mass is 558 g/mol. The van der Waals surface area contributed by atoms with Crippen LogP contribution in [0.4, 0.5) is 0 Å². The Hall–Kier alpha value is -5.54. The smallest absolute Gasteiger partial charge is 0.0738 e. The van der Waals surface area contributed by atoms with Crippen LogP contribution in [0.15, 0.2) is 127 Å². The van der Waals surface area contributed by atoms with E-state index in [9.17, 15) is 4.11 Å². The molecule has 4 aromatic heterocycles. The summed E-state index contributed by atoms with van der Waals surface area (Å²) in [6, 6.07) is 15.5. The molecule has 0 N–H and O–H groups in total. The summed E-state index contributed by atoms with van der Waals surface area (Å²) in [7, 11) is 0. The van der Waals surface area contributed by atoms with Gasteiger partial charge in [0.2, 0.25) is 0 Å². The first-order valence-electron chi connectivity index (χ1n) is 18.5. The molecule has 0 saturated carbocycles. The number of aryl methyl sites for hydroxylation is 2. The molecule has 0 radical (unpaired) electrons. The number of aromatic nitrogens is 3. The van der Waals surface area contributed by atoms with Gasteiger partial charge in [-0.2, -0.15) is 0 Å². The second-order valence-corrected chi connectivity index (χ2v) is 10.8. The Morgan fingerprint density at radius 1 is 0.581 bits per heavy atom. The van der Waals surface area contributed by atoms with Gasteiger partial charge in [0.25, 0.3) is 0 Å². The summed E-state index contributed by atoms with van der Waals surface area (Å²) >= 11 is 0. The van der Waals surface area contributed by atoms with Crippen molar-refractivity contribution in [3.8, 4) is 33.6 Å². The summed E-state index contributed by atoms with van der Waals surface area (Å²) < 4.78 is 83.0. The van der Waals surface area contributed by atoms with Gasteiger partial charge in [-0.25, -0.2) is 0 Å². The van der Waals surface area contributed by atoms with Crippen LogP contribution in [0.5, 0.6) is 0 Å². The number of hydrogen-bond acceptors (Lipinski definition) is 2. The van der Waals surface area contributed by atoms with Gasteiger partial charge in [-0.05, 0) is 59.0 Å². The minimum atomic E-state index is -0.565. The first-order chi connectivity index (χ1) is 25.0. The summed E-state index contributed by atoms with van der Waals surface area (Å²) in [5.41, 5.74) is 6.61. The molecule has 3 nitrogen and oxygen atoms in total. The zero-order valence-electron chi connectivity index (χ0n) is 32.3. The van der Waals surface area contributed by atoms with Crippen LogP contribution in [0.3, 0.4) is 0 Å². The molecule has 0 bridgehead atoms. The van der Waals surface area contributed by atoms with Crippen LogP contribution in [-0.2, 0) is 0 Å². The first kappa shape index (κ1) is 16.8. The molecule has 0 atom stereocenters. The van der Waals surface area contributed by atoms with Gasteiger partial charge in [0.1, 0.15) is 0 Å². The highest BCUT2D eigenvalue weighted by Crippen LogP contribution is 2.46. The summed E-state index contributed by atoms with van der Waals surface area (Å²) in [6.45, 7) is 3.88. The summed E-state index contributed by atoms with van der Waals surface area (Å²) in [5.74, 6) is 0. The molecule has 0 aliphatic rings. The topological polar surface area (TPSA) is 30.2 Å². The van der Waals surface area contributed by atoms with Crippen LogP contribution < -0.4 is 0 Å². The van der Waals surface area contributed by atoms with Crippen molar-refractivity contribution in [3.05, 3.63) is 139 Å². The molecule has 0 saturated heterocycles. The minimum absolute atomic E-state index is 0.0436. The predicted octanol–water partition coefficient (Wildman–Crippen LogP) is 10.4. The van der Waals surface area contributed by atoms with Gasteiger partial charge in [-0.1, -0.05) is 103 Å². The van der Waals surface area contributed by atoms with Crippen molar-refractivity contribution in [1.82, 2.24) is 14.4 Å². The van der Waals surface area contributed by atoms with E-state index < -0.39 is 42.3 Å². The SMILES string of the molecule is [2H]c1c([2H])c([2H])c2c(-c3c([2H])c4c5c(C)c(-c6ccccc6)ncc5n5c6cnc(-c7ccccc7)c(C)c6c(c3[2H])c45)c([2H])c([2H])c([2H])c2c1[2H]. The Balaban J connectivity index is 1.57. The van der Waals surface area contributed by atoms with Crippen LogP contribution in [-0.4, -0.2) is 14.4 Å². The lowest BCUT2D eigenvalue weighted by Gasteiger charge is -2.11. The number of nitrogens with zero attached hydrogens (tertiary/aromatic N) is 3. The van der Waals surface area contributed by atoms with E-state index in [4.69, 9.17) is 18.2 Å². The molecular weight excluding hydrogens is 522 g/mol. The van der Waals surface area contributed by atoms with Gasteiger partial charge in [-0.3, -0.25) is 9.97 Å². The van der Waals surface area contributed by atoms with Crippen molar-refractivity contribution in [2.75, 3.05) is 0 Å². The fraction of sp³-hybridized carbons (Fsp3) is 0.0500. The third kappa shape index (κ3) is 3.36. The molecule has 0 aliphatic heterocycles. The van der Waals surface area contributed by atoms with Crippen LogP contribution in [0.1, 0.15) is 23.5 Å². The van der Waals surface area contributed by atoms with E-state index in [0.717, 1.165) is 22.3 Å². The third-order valence-electron chi connectivity index (χ3n) is 8.44. The van der Waals surface area contributed by atoms with E-state index in [1.807, 2.05) is 78.9 Å². The molecule has 5 aromatic carbocycles. The average molecular weight is 559 g/mol. The van der Waals surface area contributed by atoms with Gasteiger partial charge in [0.15, 0.2) is 0 Å². The molecule has 9 rings (SSSR count). The van der Waals surface area contributed by atoms with Gasteiger partial charge in [0, 0.05) is 32.7 Å². The number of benzene rings is 5. The Labute approximate surface area is 261 Å². The lowest BCUT2D eigenvalue weighted by molar-refractivity contribution is 1.25. The molecule has 0 spiro atoms. The average Bonchev–Trinajstić information content (AvgIpc) is 3.68. The van der Waals surface area contributed by atoms with Crippen LogP contribution >= 0.6 is 0 Å². The van der Waals surface area contributed by atoms with Crippen molar-refractivity contribution >= 4 is 48.9 Å². The number of hydrogen-bond donors (Lipinski definition) is 0. The summed E-state index contributed by atoms with van der Waals surface area (Å²) in [4.78, 5) is 9.81. The molecule has 202 valence electrons. The Bertz CT molecular complexity index is 2870. The molecule has 0 amide bonds. The lowest BCUT2D eigenvalue weighted by atomic mass is 9.93. The van der Waals surface area contributed by atoms with E-state index in [1.165, 1.54) is 0 Å². The van der Waals surface area contributed by atoms with Gasteiger partial charge >= 0.3 is 0 Å². The Morgan fingerprint density at radius 3 is 1.70 bits per heavy atom. The molecule has 0 unspecified atom stereocenters. The molecule has 43 heavy (non-hydrogen) atoms. The van der Waals surface area contributed by atoms with E-state index >= 15 is 0 Å². The normalized spacial score (nSPS) is 14.9. The molecule has 9 aromatic rings. The molecule has 3 heteroatoms. The Morgan fingerprint density at radius 2 is 1.12 bits per heavy atom. The van der Waals surface area contributed by atoms with Gasteiger partial charge in [0.05, 0.1) is 52.7 Å². The lowest BCUT2D eigenvalue weighted by Crippen LogP contribution is -1.93. The largest absolute Gasteiger partial charge is 0.305 e. The van der Waals surface area contributed by atoms with Crippen molar-refractivity contribution in [1.29, 1.82) is 0 Å². The zero-order valence-corrected chi connectivity index (χ0v) is 23.3. The van der Waals surface area contributed by atoms with E-state index in [-0.39, 0.29) is 34.0 Å². The van der Waals surface area contributed by atoms with Gasteiger partial charge in [-0.15, -0.1) is 0 Å². The molecule has 4 heterocycles. The van der Waals surface area contributed by atoms with Crippen molar-refractivity contribution < 1.29 is 12.3 Å². The van der Waals surface area contributed by atoms with Crippen molar-refractivity contribution in [2.24, 2.45) is 0 Å². The highest BCUT2D eigenvalue weighted by Gasteiger charge is 2.24. The predicted molar refractivity (Wildman–Crippen MR) is 180 cm³/mol. The minimum Gasteiger partial charge on any atom is -0.305 e. The quantitative estimate of drug-likeness (QED) is 0.216. The molecular formula is C40H27N3. The van der Waals surface area contributed by atoms with E-state index in [1.54, 1.807) is 12.4 Å². The highest BCUT2D eigenvalue weighted by atomic mass is 14.9. The number of fused-ring (bicyclic) bond motifs is 7. The second-order valence-electron chi connectivity index (χ2n) is 10.8. The van der Waals surface area contributed by atoms with E-state index in [2.05, 4.69) is 0 Å². The standard InChI is InChI=1S/C40H27N3/c1-24-36-32-20-29(31-19-11-17-26-12-9-10-18-30(26)31)21-33-37-25(2)39(28-15-7-4-8-16-28)42-23-35(37)43(40(32)33)34(36)22-41-38(24)27-13-5-3-6-14-27/h3-23H,1-2H3/i9D,10D,11D,12D,17D,18D,19D,20D,21D. The number of rotatable bonds is 3. The van der Waals surface area contributed by atoms with E-state index in [0.29, 0.717) is 49.5 Å². The first-order valence-corrected chi connectivity index (χ1v) is 14.0. The third-order valence-corrected chi connectivity index (χ3v) is 8.44. The zero-order chi connectivity index (χ0) is 36.5. The van der Waals surface area contributed by atoms with Crippen molar-refractivity contribution in [2.45, 2.75) is 13.8 Å². The number of pyridine rings is 2. The fourth-order valence-corrected chi connectivity index (χ4v) is 6.55. The maximum Gasteiger partial charge on any atom is 0.0738 e. The maximum absolute atomic E-state index is 9.91. The summed E-state index contributed by atoms with van der Waals surface area (Å²) in [5, 5.41) is 2.02. The molecule has 0 fully saturated rings. The molecule has 0 aliphatic carbocycles. The maximum atomic E-state index is 9.91. The van der Waals surface area contributed by atoms with Crippen molar-refractivity contribution in [3.63, 3.8) is 0 Å². The Kier molecular flexibility index (Phi) is 3.51. The second kappa shape index (κ2) is 8.98. The van der Waals surface area contributed by atoms with Gasteiger partial charge < -0.3 is 4.40 Å². The summed E-state index contributed by atoms with van der Waals surface area (Å²) in [6.07, 6.45) is 3.54. The van der Waals surface area contributed by atoms with Crippen LogP contribution in [0.25, 0.3) is 82.5 Å². The van der Waals surface area contributed by atoms with Crippen LogP contribution in [0.2, 0.25) is 0 Å².